The van der Waals surface area contributed by atoms with E-state index in [1.54, 1.807) is 9.80 Å². The summed E-state index contributed by atoms with van der Waals surface area (Å²) in [5.74, 6) is 0.681. The molecule has 144 valence electrons. The number of amides is 2. The molecule has 26 heavy (non-hydrogen) atoms. The number of benzene rings is 1. The van der Waals surface area contributed by atoms with E-state index in [0.29, 0.717) is 26.2 Å². The van der Waals surface area contributed by atoms with Gasteiger partial charge in [0.2, 0.25) is 0 Å². The third-order valence-electron chi connectivity index (χ3n) is 4.20. The lowest BCUT2D eigenvalue weighted by Gasteiger charge is -2.26. The highest BCUT2D eigenvalue weighted by atomic mass is 16.6. The molecule has 2 amide bonds. The lowest BCUT2D eigenvalue weighted by Crippen LogP contribution is -2.41. The summed E-state index contributed by atoms with van der Waals surface area (Å²) in [4.78, 5) is 28.1. The molecule has 1 aliphatic heterocycles. The van der Waals surface area contributed by atoms with Crippen LogP contribution in [0.25, 0.3) is 0 Å². The van der Waals surface area contributed by atoms with Crippen LogP contribution in [-0.4, -0.2) is 60.2 Å². The Morgan fingerprint density at radius 3 is 2.38 bits per heavy atom. The molecule has 1 aromatic rings. The maximum Gasteiger partial charge on any atom is 0.410 e. The smallest absolute Gasteiger partial charge is 0.410 e. The number of rotatable bonds is 3. The van der Waals surface area contributed by atoms with Gasteiger partial charge >= 0.3 is 6.09 Å². The summed E-state index contributed by atoms with van der Waals surface area (Å²) in [6, 6.07) is 5.94. The molecule has 0 aliphatic carbocycles. The average Bonchev–Trinajstić information content (AvgIpc) is 2.80. The molecule has 0 radical (unpaired) electrons. The molecule has 0 bridgehead atoms. The summed E-state index contributed by atoms with van der Waals surface area (Å²) >= 11 is 0. The zero-order valence-corrected chi connectivity index (χ0v) is 16.5. The molecule has 1 saturated heterocycles. The molecule has 1 fully saturated rings. The van der Waals surface area contributed by atoms with Gasteiger partial charge in [-0.25, -0.2) is 4.79 Å². The van der Waals surface area contributed by atoms with Crippen molar-refractivity contribution in [2.24, 2.45) is 0 Å². The summed E-state index contributed by atoms with van der Waals surface area (Å²) in [6.07, 6.45) is 0.410. The van der Waals surface area contributed by atoms with Crippen molar-refractivity contribution in [3.8, 4) is 5.75 Å². The van der Waals surface area contributed by atoms with Crippen LogP contribution < -0.4 is 4.74 Å². The maximum absolute atomic E-state index is 12.5. The topological polar surface area (TPSA) is 59.1 Å². The molecule has 1 aromatic carbocycles. The first-order valence-corrected chi connectivity index (χ1v) is 9.11. The van der Waals surface area contributed by atoms with Crippen molar-refractivity contribution < 1.29 is 19.1 Å². The van der Waals surface area contributed by atoms with Gasteiger partial charge in [-0.15, -0.1) is 0 Å². The zero-order chi connectivity index (χ0) is 19.3. The van der Waals surface area contributed by atoms with E-state index in [1.165, 1.54) is 0 Å². The highest BCUT2D eigenvalue weighted by molar-refractivity contribution is 5.78. The number of ether oxygens (including phenoxy) is 2. The highest BCUT2D eigenvalue weighted by Crippen LogP contribution is 2.19. The molecule has 2 rings (SSSR count). The summed E-state index contributed by atoms with van der Waals surface area (Å²) < 4.78 is 11.1. The van der Waals surface area contributed by atoms with Crippen LogP contribution in [0.2, 0.25) is 0 Å². The van der Waals surface area contributed by atoms with Crippen molar-refractivity contribution in [1.82, 2.24) is 9.80 Å². The Hall–Kier alpha value is -2.24. The van der Waals surface area contributed by atoms with Crippen LogP contribution in [0.15, 0.2) is 18.2 Å². The molecule has 1 heterocycles. The second-order valence-electron chi connectivity index (χ2n) is 7.76. The third-order valence-corrected chi connectivity index (χ3v) is 4.20. The standard InChI is InChI=1S/C20H30N2O4/c1-15-7-8-16(2)17(13-15)25-14-18(23)21-9-6-10-22(12-11-21)19(24)26-20(3,4)5/h7-8,13H,6,9-12,14H2,1-5H3. The normalized spacial score (nSPS) is 15.4. The van der Waals surface area contributed by atoms with Gasteiger partial charge in [-0.3, -0.25) is 4.79 Å². The summed E-state index contributed by atoms with van der Waals surface area (Å²) in [6.45, 7) is 11.7. The molecule has 6 nitrogen and oxygen atoms in total. The molecule has 0 N–H and O–H groups in total. The Kier molecular flexibility index (Phi) is 6.51. The lowest BCUT2D eigenvalue weighted by atomic mass is 10.1. The van der Waals surface area contributed by atoms with E-state index in [4.69, 9.17) is 9.47 Å². The predicted octanol–water partition coefficient (Wildman–Crippen LogP) is 3.15. The van der Waals surface area contributed by atoms with Crippen molar-refractivity contribution >= 4 is 12.0 Å². The number of hydrogen-bond donors (Lipinski definition) is 0. The summed E-state index contributed by atoms with van der Waals surface area (Å²) in [7, 11) is 0. The first-order valence-electron chi connectivity index (χ1n) is 9.11. The zero-order valence-electron chi connectivity index (χ0n) is 16.5. The lowest BCUT2D eigenvalue weighted by molar-refractivity contribution is -0.133. The highest BCUT2D eigenvalue weighted by Gasteiger charge is 2.26. The Balaban J connectivity index is 1.87. The molecule has 0 unspecified atom stereocenters. The summed E-state index contributed by atoms with van der Waals surface area (Å²) in [5, 5.41) is 0. The van der Waals surface area contributed by atoms with Crippen molar-refractivity contribution in [1.29, 1.82) is 0 Å². The van der Waals surface area contributed by atoms with E-state index < -0.39 is 5.60 Å². The fourth-order valence-electron chi connectivity index (χ4n) is 2.77. The van der Waals surface area contributed by atoms with Gasteiger partial charge in [-0.05, 0) is 58.2 Å². The van der Waals surface area contributed by atoms with Crippen LogP contribution in [0.1, 0.15) is 38.3 Å². The third kappa shape index (κ3) is 5.93. The van der Waals surface area contributed by atoms with Gasteiger partial charge in [-0.1, -0.05) is 12.1 Å². The molecule has 6 heteroatoms. The Labute approximate surface area is 156 Å². The van der Waals surface area contributed by atoms with Crippen molar-refractivity contribution in [2.75, 3.05) is 32.8 Å². The average molecular weight is 362 g/mol. The van der Waals surface area contributed by atoms with Gasteiger partial charge in [0.1, 0.15) is 11.4 Å². The first kappa shape index (κ1) is 20.1. The number of carbonyl (C=O) groups excluding carboxylic acids is 2. The van der Waals surface area contributed by atoms with Gasteiger partial charge in [0.05, 0.1) is 0 Å². The van der Waals surface area contributed by atoms with Crippen molar-refractivity contribution in [2.45, 2.75) is 46.6 Å². The van der Waals surface area contributed by atoms with Crippen LogP contribution in [0.3, 0.4) is 0 Å². The van der Waals surface area contributed by atoms with Gasteiger partial charge in [0, 0.05) is 26.2 Å². The van der Waals surface area contributed by atoms with Crippen molar-refractivity contribution in [3.05, 3.63) is 29.3 Å². The van der Waals surface area contributed by atoms with Gasteiger partial charge in [0.15, 0.2) is 6.61 Å². The molecule has 0 saturated carbocycles. The maximum atomic E-state index is 12.5. The minimum Gasteiger partial charge on any atom is -0.483 e. The monoisotopic (exact) mass is 362 g/mol. The van der Waals surface area contributed by atoms with Gasteiger partial charge in [-0.2, -0.15) is 0 Å². The largest absolute Gasteiger partial charge is 0.483 e. The molecular formula is C20H30N2O4. The SMILES string of the molecule is Cc1ccc(C)c(OCC(=O)N2CCCN(C(=O)OC(C)(C)C)CC2)c1. The second kappa shape index (κ2) is 8.43. The van der Waals surface area contributed by atoms with E-state index in [-0.39, 0.29) is 18.6 Å². The Morgan fingerprint density at radius 2 is 1.69 bits per heavy atom. The molecule has 0 spiro atoms. The van der Waals surface area contributed by atoms with Crippen LogP contribution in [0, 0.1) is 13.8 Å². The number of nitrogens with zero attached hydrogens (tertiary/aromatic N) is 2. The quantitative estimate of drug-likeness (QED) is 0.829. The van der Waals surface area contributed by atoms with E-state index >= 15 is 0 Å². The Morgan fingerprint density at radius 1 is 1.04 bits per heavy atom. The van der Waals surface area contributed by atoms with E-state index in [0.717, 1.165) is 23.3 Å². The summed E-state index contributed by atoms with van der Waals surface area (Å²) in [5.41, 5.74) is 1.59. The molecule has 0 atom stereocenters. The minimum atomic E-state index is -0.515. The second-order valence-corrected chi connectivity index (χ2v) is 7.76. The number of aryl methyl sites for hydroxylation is 2. The fourth-order valence-corrected chi connectivity index (χ4v) is 2.77. The first-order chi connectivity index (χ1) is 12.2. The van der Waals surface area contributed by atoms with Crippen LogP contribution in [0.5, 0.6) is 5.75 Å². The molecule has 1 aliphatic rings. The van der Waals surface area contributed by atoms with Crippen LogP contribution in [0.4, 0.5) is 4.79 Å². The molecule has 0 aromatic heterocycles. The van der Waals surface area contributed by atoms with E-state index in [2.05, 4.69) is 0 Å². The van der Waals surface area contributed by atoms with Crippen LogP contribution >= 0.6 is 0 Å². The Bertz CT molecular complexity index is 652. The number of hydrogen-bond acceptors (Lipinski definition) is 4. The number of carbonyl (C=O) groups is 2. The van der Waals surface area contributed by atoms with Gasteiger partial charge < -0.3 is 19.3 Å². The van der Waals surface area contributed by atoms with E-state index in [9.17, 15) is 9.59 Å². The minimum absolute atomic E-state index is 0.0106. The predicted molar refractivity (Wildman–Crippen MR) is 100 cm³/mol. The molecular weight excluding hydrogens is 332 g/mol. The van der Waals surface area contributed by atoms with Crippen LogP contribution in [-0.2, 0) is 9.53 Å². The fraction of sp³-hybridized carbons (Fsp3) is 0.600. The van der Waals surface area contributed by atoms with E-state index in [1.807, 2.05) is 52.8 Å². The van der Waals surface area contributed by atoms with Gasteiger partial charge in [0.25, 0.3) is 5.91 Å². The van der Waals surface area contributed by atoms with Crippen molar-refractivity contribution in [3.63, 3.8) is 0 Å².